The first-order valence-corrected chi connectivity index (χ1v) is 8.26. The lowest BCUT2D eigenvalue weighted by atomic mass is 10.1. The predicted octanol–water partition coefficient (Wildman–Crippen LogP) is 1.11. The fourth-order valence-electron chi connectivity index (χ4n) is 3.29. The Bertz CT molecular complexity index is 777. The highest BCUT2D eigenvalue weighted by Gasteiger charge is 2.33. The number of hydrogen-bond acceptors (Lipinski definition) is 5. The van der Waals surface area contributed by atoms with E-state index in [1.807, 2.05) is 12.1 Å². The number of imide groups is 1. The molecule has 1 aromatic carbocycles. The minimum atomic E-state index is -0.745. The average molecular weight is 328 g/mol. The van der Waals surface area contributed by atoms with E-state index in [-0.39, 0.29) is 5.91 Å². The molecule has 7 heteroatoms. The van der Waals surface area contributed by atoms with Crippen molar-refractivity contribution < 1.29 is 14.0 Å². The molecule has 2 aliphatic rings. The van der Waals surface area contributed by atoms with Crippen molar-refractivity contribution in [3.8, 4) is 0 Å². The Morgan fingerprint density at radius 3 is 2.92 bits per heavy atom. The van der Waals surface area contributed by atoms with E-state index in [1.54, 1.807) is 0 Å². The highest BCUT2D eigenvalue weighted by atomic mass is 16.3. The first kappa shape index (κ1) is 15.2. The first-order valence-electron chi connectivity index (χ1n) is 8.26. The highest BCUT2D eigenvalue weighted by molar-refractivity contribution is 6.04. The normalized spacial score (nSPS) is 22.4. The molecule has 3 amide bonds. The van der Waals surface area contributed by atoms with Crippen molar-refractivity contribution in [3.63, 3.8) is 0 Å². The lowest BCUT2D eigenvalue weighted by Gasteiger charge is -2.19. The number of fused-ring (bicyclic) bond motifs is 1. The van der Waals surface area contributed by atoms with Crippen LogP contribution in [0.3, 0.4) is 0 Å². The SMILES string of the molecule is O=C1NC(=O)[C@H](c2cc3cc(CN4CCCNCC4)ccc3o2)N1. The van der Waals surface area contributed by atoms with Crippen LogP contribution in [0.15, 0.2) is 28.7 Å². The molecule has 1 aromatic heterocycles. The zero-order valence-electron chi connectivity index (χ0n) is 13.3. The van der Waals surface area contributed by atoms with Gasteiger partial charge in [-0.25, -0.2) is 4.79 Å². The standard InChI is InChI=1S/C17H20N4O3/c22-16-15(19-17(23)20-16)14-9-12-8-11(2-3-13(12)24-14)10-21-6-1-4-18-5-7-21/h2-3,8-9,15,18H,1,4-7,10H2,(H2,19,20,22,23)/t15-/m0/s1. The van der Waals surface area contributed by atoms with Gasteiger partial charge in [-0.1, -0.05) is 6.07 Å². The first-order chi connectivity index (χ1) is 11.7. The van der Waals surface area contributed by atoms with Crippen molar-refractivity contribution >= 4 is 22.9 Å². The molecule has 126 valence electrons. The zero-order chi connectivity index (χ0) is 16.5. The lowest BCUT2D eigenvalue weighted by molar-refractivity contribution is -0.120. The molecule has 2 aromatic rings. The third-order valence-electron chi connectivity index (χ3n) is 4.50. The summed E-state index contributed by atoms with van der Waals surface area (Å²) in [6.45, 7) is 5.14. The van der Waals surface area contributed by atoms with Gasteiger partial charge < -0.3 is 15.1 Å². The molecule has 3 N–H and O–H groups in total. The van der Waals surface area contributed by atoms with Gasteiger partial charge in [0.15, 0.2) is 6.04 Å². The van der Waals surface area contributed by atoms with Crippen molar-refractivity contribution in [3.05, 3.63) is 35.6 Å². The Morgan fingerprint density at radius 2 is 2.08 bits per heavy atom. The molecule has 0 aliphatic carbocycles. The number of urea groups is 1. The fraction of sp³-hybridized carbons (Fsp3) is 0.412. The number of nitrogens with zero attached hydrogens (tertiary/aromatic N) is 1. The third-order valence-corrected chi connectivity index (χ3v) is 4.50. The van der Waals surface area contributed by atoms with E-state index in [2.05, 4.69) is 33.0 Å². The second kappa shape index (κ2) is 6.26. The summed E-state index contributed by atoms with van der Waals surface area (Å²) >= 11 is 0. The predicted molar refractivity (Wildman–Crippen MR) is 88.4 cm³/mol. The number of nitrogens with one attached hydrogen (secondary N) is 3. The third kappa shape index (κ3) is 3.00. The van der Waals surface area contributed by atoms with Crippen molar-refractivity contribution in [1.29, 1.82) is 0 Å². The maximum Gasteiger partial charge on any atom is 0.322 e. The second-order valence-corrected chi connectivity index (χ2v) is 6.30. The van der Waals surface area contributed by atoms with E-state index in [0.29, 0.717) is 5.76 Å². The summed E-state index contributed by atoms with van der Waals surface area (Å²) in [5, 5.41) is 9.13. The van der Waals surface area contributed by atoms with Gasteiger partial charge in [0.1, 0.15) is 11.3 Å². The maximum absolute atomic E-state index is 11.8. The number of benzene rings is 1. The van der Waals surface area contributed by atoms with Gasteiger partial charge in [-0.05, 0) is 43.3 Å². The van der Waals surface area contributed by atoms with Gasteiger partial charge >= 0.3 is 6.03 Å². The van der Waals surface area contributed by atoms with E-state index in [4.69, 9.17) is 4.42 Å². The van der Waals surface area contributed by atoms with E-state index in [1.165, 1.54) is 5.56 Å². The van der Waals surface area contributed by atoms with Crippen LogP contribution in [0.2, 0.25) is 0 Å². The van der Waals surface area contributed by atoms with E-state index >= 15 is 0 Å². The Hall–Kier alpha value is -2.38. The summed E-state index contributed by atoms with van der Waals surface area (Å²) in [6.07, 6.45) is 1.16. The van der Waals surface area contributed by atoms with Gasteiger partial charge in [-0.15, -0.1) is 0 Å². The molecule has 0 bridgehead atoms. The topological polar surface area (TPSA) is 86.6 Å². The van der Waals surface area contributed by atoms with Gasteiger partial charge in [0.05, 0.1) is 0 Å². The molecule has 1 atom stereocenters. The summed E-state index contributed by atoms with van der Waals surface area (Å²) in [6, 6.07) is 6.68. The van der Waals surface area contributed by atoms with Crippen molar-refractivity contribution in [1.82, 2.24) is 20.9 Å². The smallest absolute Gasteiger partial charge is 0.322 e. The minimum Gasteiger partial charge on any atom is -0.458 e. The van der Waals surface area contributed by atoms with Gasteiger partial charge in [0, 0.05) is 25.0 Å². The summed E-state index contributed by atoms with van der Waals surface area (Å²) in [7, 11) is 0. The molecule has 0 saturated carbocycles. The summed E-state index contributed by atoms with van der Waals surface area (Å²) < 4.78 is 5.74. The van der Waals surface area contributed by atoms with Gasteiger partial charge in [0.2, 0.25) is 0 Å². The van der Waals surface area contributed by atoms with Crippen molar-refractivity contribution in [2.24, 2.45) is 0 Å². The maximum atomic E-state index is 11.8. The Kier molecular flexibility index (Phi) is 3.95. The molecule has 0 unspecified atom stereocenters. The van der Waals surface area contributed by atoms with Crippen LogP contribution in [-0.4, -0.2) is 43.0 Å². The Labute approximate surface area is 139 Å². The number of rotatable bonds is 3. The molecule has 2 saturated heterocycles. The van der Waals surface area contributed by atoms with Crippen LogP contribution >= 0.6 is 0 Å². The summed E-state index contributed by atoms with van der Waals surface area (Å²) in [5.41, 5.74) is 1.94. The molecular weight excluding hydrogens is 308 g/mol. The fourth-order valence-corrected chi connectivity index (χ4v) is 3.29. The molecule has 2 fully saturated rings. The minimum absolute atomic E-state index is 0.378. The molecule has 7 nitrogen and oxygen atoms in total. The van der Waals surface area contributed by atoms with Crippen LogP contribution < -0.4 is 16.0 Å². The Morgan fingerprint density at radius 1 is 1.17 bits per heavy atom. The van der Waals surface area contributed by atoms with E-state index < -0.39 is 12.1 Å². The van der Waals surface area contributed by atoms with Crippen molar-refractivity contribution in [2.75, 3.05) is 26.2 Å². The molecule has 0 spiro atoms. The van der Waals surface area contributed by atoms with E-state index in [0.717, 1.165) is 50.1 Å². The molecule has 4 rings (SSSR count). The number of furan rings is 1. The molecule has 2 aliphatic heterocycles. The molecule has 3 heterocycles. The van der Waals surface area contributed by atoms with Crippen LogP contribution in [0.5, 0.6) is 0 Å². The monoisotopic (exact) mass is 328 g/mol. The number of carbonyl (C=O) groups excluding carboxylic acids is 2. The van der Waals surface area contributed by atoms with Gasteiger partial charge in [-0.2, -0.15) is 0 Å². The van der Waals surface area contributed by atoms with Gasteiger partial charge in [-0.3, -0.25) is 15.0 Å². The molecule has 24 heavy (non-hydrogen) atoms. The van der Waals surface area contributed by atoms with Crippen LogP contribution in [0.4, 0.5) is 4.79 Å². The zero-order valence-corrected chi connectivity index (χ0v) is 13.3. The number of carbonyl (C=O) groups is 2. The summed E-state index contributed by atoms with van der Waals surface area (Å²) in [4.78, 5) is 25.5. The van der Waals surface area contributed by atoms with Crippen LogP contribution in [0.25, 0.3) is 11.0 Å². The number of amides is 3. The summed E-state index contributed by atoms with van der Waals surface area (Å²) in [5.74, 6) is 0.0841. The lowest BCUT2D eigenvalue weighted by Crippen LogP contribution is -2.27. The van der Waals surface area contributed by atoms with E-state index in [9.17, 15) is 9.59 Å². The van der Waals surface area contributed by atoms with Crippen LogP contribution in [0.1, 0.15) is 23.8 Å². The van der Waals surface area contributed by atoms with Gasteiger partial charge in [0.25, 0.3) is 5.91 Å². The van der Waals surface area contributed by atoms with Crippen molar-refractivity contribution in [2.45, 2.75) is 19.0 Å². The molecular formula is C17H20N4O3. The number of hydrogen-bond donors (Lipinski definition) is 3. The molecule has 0 radical (unpaired) electrons. The second-order valence-electron chi connectivity index (χ2n) is 6.30. The largest absolute Gasteiger partial charge is 0.458 e. The quantitative estimate of drug-likeness (QED) is 0.735. The van der Waals surface area contributed by atoms with Crippen LogP contribution in [-0.2, 0) is 11.3 Å². The average Bonchev–Trinajstić information content (AvgIpc) is 3.01. The Balaban J connectivity index is 1.54. The van der Waals surface area contributed by atoms with Crippen LogP contribution in [0, 0.1) is 0 Å². The highest BCUT2D eigenvalue weighted by Crippen LogP contribution is 2.27.